The van der Waals surface area contributed by atoms with Crippen LogP contribution in [0, 0.1) is 0 Å². The molecule has 8 nitrogen and oxygen atoms in total. The molecule has 0 radical (unpaired) electrons. The third-order valence-corrected chi connectivity index (χ3v) is 5.16. The smallest absolute Gasteiger partial charge is 0.411 e. The van der Waals surface area contributed by atoms with Crippen molar-refractivity contribution in [3.8, 4) is 11.6 Å². The number of pyridine rings is 1. The fourth-order valence-electron chi connectivity index (χ4n) is 3.24. The number of hydrogen-bond donors (Lipinski definition) is 0. The van der Waals surface area contributed by atoms with Gasteiger partial charge in [0.05, 0.1) is 30.8 Å². The maximum absolute atomic E-state index is 12.6. The second kappa shape index (κ2) is 8.67. The van der Waals surface area contributed by atoms with E-state index >= 15 is 0 Å². The summed E-state index contributed by atoms with van der Waals surface area (Å²) in [5, 5.41) is 0.921. The summed E-state index contributed by atoms with van der Waals surface area (Å²) >= 11 is 3.49. The van der Waals surface area contributed by atoms with Gasteiger partial charge in [0.1, 0.15) is 23.5 Å². The molecule has 1 aromatic carbocycles. The van der Waals surface area contributed by atoms with Crippen LogP contribution in [0.5, 0.6) is 11.6 Å². The average molecular weight is 481 g/mol. The molecule has 30 heavy (non-hydrogen) atoms. The van der Waals surface area contributed by atoms with Crippen molar-refractivity contribution in [1.82, 2.24) is 9.88 Å². The molecule has 0 aliphatic carbocycles. The Balaban J connectivity index is 1.83. The highest BCUT2D eigenvalue weighted by Gasteiger charge is 2.43. The van der Waals surface area contributed by atoms with Crippen LogP contribution in [0.15, 0.2) is 28.7 Å². The summed E-state index contributed by atoms with van der Waals surface area (Å²) in [6.45, 7) is 5.49. The molecule has 2 heterocycles. The molecular weight excluding hydrogens is 456 g/mol. The van der Waals surface area contributed by atoms with Crippen LogP contribution in [0.25, 0.3) is 10.9 Å². The number of hydrogen-bond acceptors (Lipinski definition) is 7. The molecular formula is C21H25BrN2O6. The second-order valence-corrected chi connectivity index (χ2v) is 8.84. The van der Waals surface area contributed by atoms with Gasteiger partial charge in [-0.15, -0.1) is 0 Å². The van der Waals surface area contributed by atoms with E-state index < -0.39 is 29.8 Å². The third kappa shape index (κ3) is 4.95. The number of aromatic nitrogens is 1. The number of carbonyl (C=O) groups excluding carboxylic acids is 2. The van der Waals surface area contributed by atoms with E-state index in [4.69, 9.17) is 18.9 Å². The van der Waals surface area contributed by atoms with Gasteiger partial charge in [0.2, 0.25) is 5.88 Å². The number of nitrogens with zero attached hydrogens (tertiary/aromatic N) is 2. The van der Waals surface area contributed by atoms with E-state index in [9.17, 15) is 9.59 Å². The van der Waals surface area contributed by atoms with Crippen LogP contribution < -0.4 is 9.47 Å². The Bertz CT molecular complexity index is 958. The molecule has 0 spiro atoms. The van der Waals surface area contributed by atoms with Crippen molar-refractivity contribution in [2.45, 2.75) is 44.9 Å². The number of esters is 1. The van der Waals surface area contributed by atoms with E-state index in [1.807, 2.05) is 24.3 Å². The standard InChI is InChI=1S/C21H25BrN2O6/c1-21(2,3)30-20(26)24-11-14(10-17(24)19(25)28-5)29-18-15(22)8-12-6-7-13(27-4)9-16(12)23-18/h6-9,14,17H,10-11H2,1-5H3/t14-,17+/m1/s1. The van der Waals surface area contributed by atoms with Crippen LogP contribution in [0.1, 0.15) is 27.2 Å². The van der Waals surface area contributed by atoms with E-state index in [0.717, 1.165) is 5.39 Å². The largest absolute Gasteiger partial charge is 0.497 e. The molecule has 1 fully saturated rings. The van der Waals surface area contributed by atoms with Crippen molar-refractivity contribution < 1.29 is 28.5 Å². The van der Waals surface area contributed by atoms with Gasteiger partial charge in [-0.1, -0.05) is 0 Å². The molecule has 0 unspecified atom stereocenters. The summed E-state index contributed by atoms with van der Waals surface area (Å²) in [5.74, 6) is 0.545. The molecule has 2 atom stereocenters. The number of fused-ring (bicyclic) bond motifs is 1. The lowest BCUT2D eigenvalue weighted by Crippen LogP contribution is -2.44. The number of rotatable bonds is 4. The minimum absolute atomic E-state index is 0.180. The highest BCUT2D eigenvalue weighted by Crippen LogP contribution is 2.32. The van der Waals surface area contributed by atoms with Crippen LogP contribution in [0.2, 0.25) is 0 Å². The number of likely N-dealkylation sites (tertiary alicyclic amines) is 1. The topological polar surface area (TPSA) is 87.2 Å². The van der Waals surface area contributed by atoms with E-state index in [2.05, 4.69) is 20.9 Å². The monoisotopic (exact) mass is 480 g/mol. The van der Waals surface area contributed by atoms with Gasteiger partial charge in [-0.25, -0.2) is 14.6 Å². The molecule has 2 aromatic rings. The Morgan fingerprint density at radius 2 is 1.93 bits per heavy atom. The summed E-state index contributed by atoms with van der Waals surface area (Å²) < 4.78 is 22.3. The van der Waals surface area contributed by atoms with Gasteiger partial charge in [0, 0.05) is 17.9 Å². The summed E-state index contributed by atoms with van der Waals surface area (Å²) in [4.78, 5) is 30.8. The maximum Gasteiger partial charge on any atom is 0.411 e. The Morgan fingerprint density at radius 1 is 1.20 bits per heavy atom. The fraction of sp³-hybridized carbons (Fsp3) is 0.476. The minimum Gasteiger partial charge on any atom is -0.497 e. The van der Waals surface area contributed by atoms with E-state index in [1.165, 1.54) is 12.0 Å². The van der Waals surface area contributed by atoms with Crippen molar-refractivity contribution >= 4 is 38.9 Å². The SMILES string of the molecule is COC(=O)[C@@H]1C[C@@H](Oc2nc3cc(OC)ccc3cc2Br)CN1C(=O)OC(C)(C)C. The Kier molecular flexibility index (Phi) is 6.40. The molecule has 1 aromatic heterocycles. The van der Waals surface area contributed by atoms with Gasteiger partial charge >= 0.3 is 12.1 Å². The fourth-order valence-corrected chi connectivity index (χ4v) is 3.66. The van der Waals surface area contributed by atoms with Gasteiger partial charge in [0.15, 0.2) is 0 Å². The van der Waals surface area contributed by atoms with Crippen LogP contribution in [-0.4, -0.2) is 60.5 Å². The van der Waals surface area contributed by atoms with Gasteiger partial charge in [0.25, 0.3) is 0 Å². The van der Waals surface area contributed by atoms with Gasteiger partial charge in [-0.05, 0) is 54.9 Å². The Morgan fingerprint density at radius 3 is 2.57 bits per heavy atom. The van der Waals surface area contributed by atoms with Crippen molar-refractivity contribution in [2.75, 3.05) is 20.8 Å². The molecule has 0 N–H and O–H groups in total. The van der Waals surface area contributed by atoms with Crippen LogP contribution in [0.4, 0.5) is 4.79 Å². The lowest BCUT2D eigenvalue weighted by atomic mass is 10.2. The lowest BCUT2D eigenvalue weighted by molar-refractivity contribution is -0.145. The van der Waals surface area contributed by atoms with Crippen LogP contribution >= 0.6 is 15.9 Å². The quantitative estimate of drug-likeness (QED) is 0.612. The molecule has 1 aliphatic rings. The summed E-state index contributed by atoms with van der Waals surface area (Å²) in [6.07, 6.45) is -0.760. The Labute approximate surface area is 183 Å². The molecule has 9 heteroatoms. The van der Waals surface area contributed by atoms with Crippen molar-refractivity contribution in [1.29, 1.82) is 0 Å². The van der Waals surface area contributed by atoms with Gasteiger partial charge in [-0.3, -0.25) is 4.90 Å². The number of ether oxygens (including phenoxy) is 4. The van der Waals surface area contributed by atoms with Crippen molar-refractivity contribution in [3.05, 3.63) is 28.7 Å². The Hall–Kier alpha value is -2.55. The summed E-state index contributed by atoms with van der Waals surface area (Å²) in [7, 11) is 2.88. The van der Waals surface area contributed by atoms with Gasteiger partial charge in [-0.2, -0.15) is 0 Å². The summed E-state index contributed by atoms with van der Waals surface area (Å²) in [6, 6.07) is 6.69. The van der Waals surface area contributed by atoms with E-state index in [-0.39, 0.29) is 13.0 Å². The lowest BCUT2D eigenvalue weighted by Gasteiger charge is -2.27. The zero-order chi connectivity index (χ0) is 22.1. The molecule has 1 amide bonds. The summed E-state index contributed by atoms with van der Waals surface area (Å²) in [5.41, 5.74) is 0.0256. The number of methoxy groups -OCH3 is 2. The zero-order valence-corrected chi connectivity index (χ0v) is 19.2. The predicted octanol–water partition coefficient (Wildman–Crippen LogP) is 3.94. The third-order valence-electron chi connectivity index (χ3n) is 4.59. The number of benzene rings is 1. The van der Waals surface area contributed by atoms with Crippen molar-refractivity contribution in [3.63, 3.8) is 0 Å². The molecule has 162 valence electrons. The van der Waals surface area contributed by atoms with E-state index in [0.29, 0.717) is 21.6 Å². The van der Waals surface area contributed by atoms with Crippen LogP contribution in [-0.2, 0) is 14.3 Å². The first kappa shape index (κ1) is 22.1. The zero-order valence-electron chi connectivity index (χ0n) is 17.6. The first-order valence-corrected chi connectivity index (χ1v) is 10.3. The number of amides is 1. The predicted molar refractivity (Wildman–Crippen MR) is 114 cm³/mol. The van der Waals surface area contributed by atoms with E-state index in [1.54, 1.807) is 27.9 Å². The van der Waals surface area contributed by atoms with Crippen molar-refractivity contribution in [2.24, 2.45) is 0 Å². The highest BCUT2D eigenvalue weighted by atomic mass is 79.9. The average Bonchev–Trinajstić information content (AvgIpc) is 3.10. The minimum atomic E-state index is -0.783. The first-order valence-electron chi connectivity index (χ1n) is 9.49. The van der Waals surface area contributed by atoms with Gasteiger partial charge < -0.3 is 18.9 Å². The second-order valence-electron chi connectivity index (χ2n) is 7.98. The highest BCUT2D eigenvalue weighted by molar-refractivity contribution is 9.10. The van der Waals surface area contributed by atoms with Crippen LogP contribution in [0.3, 0.4) is 0 Å². The first-order chi connectivity index (χ1) is 14.1. The number of carbonyl (C=O) groups is 2. The number of halogens is 1. The molecule has 1 aliphatic heterocycles. The normalized spacial score (nSPS) is 18.9. The molecule has 0 bridgehead atoms. The maximum atomic E-state index is 12.6. The molecule has 3 rings (SSSR count). The molecule has 1 saturated heterocycles. The molecule has 0 saturated carbocycles.